The number of carbonyl (C=O) groups excluding carboxylic acids is 1. The largest absolute Gasteiger partial charge is 0.338 e. The third-order valence-electron chi connectivity index (χ3n) is 5.32. The summed E-state index contributed by atoms with van der Waals surface area (Å²) in [5.74, 6) is -0.964. The van der Waals surface area contributed by atoms with Gasteiger partial charge in [-0.05, 0) is 50.1 Å². The fourth-order valence-electron chi connectivity index (χ4n) is 3.62. The van der Waals surface area contributed by atoms with Crippen molar-refractivity contribution in [3.8, 4) is 11.8 Å². The van der Waals surface area contributed by atoms with Crippen LogP contribution in [-0.4, -0.2) is 28.5 Å². The number of nitriles is 1. The zero-order valence-corrected chi connectivity index (χ0v) is 18.8. The molecule has 0 N–H and O–H groups in total. The van der Waals surface area contributed by atoms with Gasteiger partial charge in [-0.1, -0.05) is 35.4 Å². The first-order chi connectivity index (χ1) is 15.4. The maximum Gasteiger partial charge on any atom is 0.273 e. The first kappa shape index (κ1) is 22.0. The second-order valence-electron chi connectivity index (χ2n) is 7.51. The number of carbonyl (C=O) groups is 1. The number of amides is 1. The molecule has 2 aromatic carbocycles. The molecule has 4 rings (SSSR count). The fraction of sp³-hybridized carbons (Fsp3) is 0.208. The minimum atomic E-state index is -0.564. The van der Waals surface area contributed by atoms with Crippen LogP contribution in [0.3, 0.4) is 0 Å². The van der Waals surface area contributed by atoms with Gasteiger partial charge in [-0.15, -0.1) is 11.3 Å². The maximum absolute atomic E-state index is 14.4. The SMILES string of the molecule is Cc1ccc(-n2c(=O)/c(=C\c3c(F)cccc3Cl)s/c2=C(\C#N)C(=O)N2CCCC2)cc1. The van der Waals surface area contributed by atoms with Crippen LogP contribution in [0.5, 0.6) is 0 Å². The number of aryl methyl sites for hydroxylation is 1. The molecule has 5 nitrogen and oxygen atoms in total. The number of halogens is 2. The Morgan fingerprint density at radius 3 is 2.50 bits per heavy atom. The molecule has 1 aliphatic heterocycles. The molecule has 162 valence electrons. The molecular formula is C24H19ClFN3O2S. The van der Waals surface area contributed by atoms with Gasteiger partial charge in [-0.3, -0.25) is 14.2 Å². The summed E-state index contributed by atoms with van der Waals surface area (Å²) in [7, 11) is 0. The maximum atomic E-state index is 14.4. The summed E-state index contributed by atoms with van der Waals surface area (Å²) < 4.78 is 16.1. The van der Waals surface area contributed by atoms with Gasteiger partial charge in [0.15, 0.2) is 5.57 Å². The van der Waals surface area contributed by atoms with Gasteiger partial charge in [-0.25, -0.2) is 4.39 Å². The van der Waals surface area contributed by atoms with Crippen LogP contribution in [0.25, 0.3) is 17.3 Å². The lowest BCUT2D eigenvalue weighted by Gasteiger charge is -2.14. The van der Waals surface area contributed by atoms with E-state index >= 15 is 0 Å². The first-order valence-corrected chi connectivity index (χ1v) is 11.3. The van der Waals surface area contributed by atoms with Crippen LogP contribution in [0.15, 0.2) is 47.3 Å². The van der Waals surface area contributed by atoms with Gasteiger partial charge in [0.25, 0.3) is 11.5 Å². The Labute approximate surface area is 192 Å². The molecule has 1 saturated heterocycles. The van der Waals surface area contributed by atoms with Crippen molar-refractivity contribution in [1.29, 1.82) is 5.26 Å². The van der Waals surface area contributed by atoms with Crippen LogP contribution in [0, 0.1) is 24.1 Å². The third kappa shape index (κ3) is 4.12. The minimum absolute atomic E-state index is 0.0829. The number of hydrogen-bond acceptors (Lipinski definition) is 4. The standard InChI is InChI=1S/C24H19ClFN3O2S/c1-15-7-9-16(10-8-15)29-23(31)21(13-17-19(25)5-4-6-20(17)26)32-24(29)18(14-27)22(30)28-11-2-3-12-28/h4-10,13H,2-3,11-12H2,1H3/b21-13+,24-18+. The molecule has 1 amide bonds. The van der Waals surface area contributed by atoms with Crippen molar-refractivity contribution in [2.75, 3.05) is 13.1 Å². The summed E-state index contributed by atoms with van der Waals surface area (Å²) in [6.45, 7) is 3.08. The normalized spacial score (nSPS) is 15.1. The van der Waals surface area contributed by atoms with Crippen molar-refractivity contribution < 1.29 is 9.18 Å². The number of rotatable bonds is 3. The van der Waals surface area contributed by atoms with E-state index in [0.29, 0.717) is 18.8 Å². The second-order valence-corrected chi connectivity index (χ2v) is 8.95. The summed E-state index contributed by atoms with van der Waals surface area (Å²) in [5.41, 5.74) is 1.05. The summed E-state index contributed by atoms with van der Waals surface area (Å²) in [4.78, 5) is 28.1. The molecule has 2 heterocycles. The van der Waals surface area contributed by atoms with Gasteiger partial charge in [0.2, 0.25) is 0 Å². The van der Waals surface area contributed by atoms with Gasteiger partial charge in [0, 0.05) is 18.7 Å². The Kier molecular flexibility index (Phi) is 6.26. The topological polar surface area (TPSA) is 66.1 Å². The van der Waals surface area contributed by atoms with Crippen LogP contribution in [0.4, 0.5) is 4.39 Å². The van der Waals surface area contributed by atoms with Gasteiger partial charge in [0.05, 0.1) is 15.2 Å². The Morgan fingerprint density at radius 1 is 1.19 bits per heavy atom. The Balaban J connectivity index is 2.05. The first-order valence-electron chi connectivity index (χ1n) is 10.1. The molecule has 0 atom stereocenters. The number of likely N-dealkylation sites (tertiary alicyclic amines) is 1. The molecule has 1 aliphatic rings. The van der Waals surface area contributed by atoms with E-state index in [4.69, 9.17) is 11.6 Å². The number of hydrogen-bond donors (Lipinski definition) is 0. The van der Waals surface area contributed by atoms with Crippen LogP contribution < -0.4 is 14.8 Å². The van der Waals surface area contributed by atoms with Gasteiger partial charge < -0.3 is 4.90 Å². The molecule has 1 aromatic heterocycles. The molecular weight excluding hydrogens is 449 g/mol. The Hall–Kier alpha value is -3.21. The van der Waals surface area contributed by atoms with E-state index in [-0.39, 0.29) is 25.4 Å². The van der Waals surface area contributed by atoms with Crippen molar-refractivity contribution in [1.82, 2.24) is 9.47 Å². The number of benzene rings is 2. The van der Waals surface area contributed by atoms with Crippen LogP contribution in [-0.2, 0) is 4.79 Å². The molecule has 1 fully saturated rings. The van der Waals surface area contributed by atoms with Crippen LogP contribution >= 0.6 is 22.9 Å². The van der Waals surface area contributed by atoms with Crippen LogP contribution in [0.2, 0.25) is 5.02 Å². The molecule has 0 bridgehead atoms. The lowest BCUT2D eigenvalue weighted by molar-refractivity contribution is -0.123. The Morgan fingerprint density at radius 2 is 1.88 bits per heavy atom. The zero-order valence-electron chi connectivity index (χ0n) is 17.3. The van der Waals surface area contributed by atoms with E-state index in [9.17, 15) is 19.2 Å². The molecule has 0 radical (unpaired) electrons. The Bertz CT molecular complexity index is 1390. The highest BCUT2D eigenvalue weighted by Gasteiger charge is 2.24. The molecule has 0 aliphatic carbocycles. The quantitative estimate of drug-likeness (QED) is 0.594. The number of thiazole rings is 1. The van der Waals surface area contributed by atoms with Crippen LogP contribution in [0.1, 0.15) is 24.0 Å². The highest BCUT2D eigenvalue weighted by atomic mass is 35.5. The third-order valence-corrected chi connectivity index (χ3v) is 6.75. The highest BCUT2D eigenvalue weighted by Crippen LogP contribution is 2.19. The van der Waals surface area contributed by atoms with E-state index in [2.05, 4.69) is 0 Å². The van der Waals surface area contributed by atoms with Crippen molar-refractivity contribution >= 4 is 40.5 Å². The molecule has 32 heavy (non-hydrogen) atoms. The predicted octanol–water partition coefficient (Wildman–Crippen LogP) is 3.13. The summed E-state index contributed by atoms with van der Waals surface area (Å²) in [6.07, 6.45) is 3.13. The highest BCUT2D eigenvalue weighted by molar-refractivity contribution is 7.07. The predicted molar refractivity (Wildman–Crippen MR) is 124 cm³/mol. The van der Waals surface area contributed by atoms with Gasteiger partial charge in [0.1, 0.15) is 16.5 Å². The van der Waals surface area contributed by atoms with E-state index in [0.717, 1.165) is 29.7 Å². The molecule has 8 heteroatoms. The summed E-state index contributed by atoms with van der Waals surface area (Å²) in [6, 6.07) is 13.5. The molecule has 3 aromatic rings. The van der Waals surface area contributed by atoms with Crippen molar-refractivity contribution in [3.05, 3.63) is 84.0 Å². The molecule has 0 unspecified atom stereocenters. The van der Waals surface area contributed by atoms with Gasteiger partial charge >= 0.3 is 0 Å². The lowest BCUT2D eigenvalue weighted by Crippen LogP contribution is -2.35. The van der Waals surface area contributed by atoms with E-state index in [1.807, 2.05) is 25.1 Å². The average molecular weight is 468 g/mol. The van der Waals surface area contributed by atoms with Crippen molar-refractivity contribution in [2.45, 2.75) is 19.8 Å². The molecule has 0 saturated carbocycles. The van der Waals surface area contributed by atoms with Crippen molar-refractivity contribution in [2.24, 2.45) is 0 Å². The summed E-state index contributed by atoms with van der Waals surface area (Å²) >= 11 is 7.13. The van der Waals surface area contributed by atoms with E-state index < -0.39 is 17.3 Å². The van der Waals surface area contributed by atoms with E-state index in [1.165, 1.54) is 28.8 Å². The lowest BCUT2D eigenvalue weighted by atomic mass is 10.2. The monoisotopic (exact) mass is 467 g/mol. The summed E-state index contributed by atoms with van der Waals surface area (Å²) in [5, 5.41) is 10.0. The zero-order chi connectivity index (χ0) is 22.8. The number of aromatic nitrogens is 1. The van der Waals surface area contributed by atoms with E-state index in [1.54, 1.807) is 17.0 Å². The molecule has 0 spiro atoms. The smallest absolute Gasteiger partial charge is 0.273 e. The average Bonchev–Trinajstić information content (AvgIpc) is 3.41. The minimum Gasteiger partial charge on any atom is -0.338 e. The fourth-order valence-corrected chi connectivity index (χ4v) is 4.92. The number of nitrogens with zero attached hydrogens (tertiary/aromatic N) is 3. The second kappa shape index (κ2) is 9.11. The van der Waals surface area contributed by atoms with Crippen molar-refractivity contribution in [3.63, 3.8) is 0 Å². The van der Waals surface area contributed by atoms with Gasteiger partial charge in [-0.2, -0.15) is 5.26 Å².